The number of unbranched alkanes of at least 4 members (excludes halogenated alkanes) is 54. The van der Waals surface area contributed by atoms with Crippen LogP contribution in [0, 0.1) is 0 Å². The minimum atomic E-state index is -4.97. The molecule has 0 radical (unpaired) electrons. The molecule has 0 aromatic carbocycles. The highest BCUT2D eigenvalue weighted by Gasteiger charge is 2.30. The van der Waals surface area contributed by atoms with Crippen molar-refractivity contribution in [1.29, 1.82) is 0 Å². The Morgan fingerprint density at radius 1 is 0.269 bits per heavy atom. The van der Waals surface area contributed by atoms with Crippen LogP contribution in [0.3, 0.4) is 0 Å². The average molecular weight is 1520 g/mol. The zero-order valence-electron chi connectivity index (χ0n) is 67.5. The van der Waals surface area contributed by atoms with Gasteiger partial charge in [0.2, 0.25) is 0 Å². The smallest absolute Gasteiger partial charge is 0.462 e. The first-order valence-corrected chi connectivity index (χ1v) is 46.6. The van der Waals surface area contributed by atoms with Gasteiger partial charge in [-0.1, -0.05) is 379 Å². The van der Waals surface area contributed by atoms with Crippen LogP contribution in [0.1, 0.15) is 439 Å². The molecule has 0 rings (SSSR count). The second kappa shape index (κ2) is 78.7. The number of carbonyl (C=O) groups is 4. The molecule has 19 heteroatoms. The van der Waals surface area contributed by atoms with Crippen LogP contribution in [-0.4, -0.2) is 96.7 Å². The molecule has 0 aliphatic heterocycles. The summed E-state index contributed by atoms with van der Waals surface area (Å²) >= 11 is 0. The largest absolute Gasteiger partial charge is 0.472 e. The number of ether oxygens (including phenoxy) is 4. The Balaban J connectivity index is 5.30. The van der Waals surface area contributed by atoms with Crippen molar-refractivity contribution in [2.45, 2.75) is 457 Å². The number of phosphoric acid groups is 2. The fourth-order valence-corrected chi connectivity index (χ4v) is 14.4. The summed E-state index contributed by atoms with van der Waals surface area (Å²) in [6, 6.07) is 0. The van der Waals surface area contributed by atoms with E-state index in [9.17, 15) is 43.2 Å². The van der Waals surface area contributed by atoms with Crippen molar-refractivity contribution in [3.63, 3.8) is 0 Å². The normalized spacial score (nSPS) is 13.9. The van der Waals surface area contributed by atoms with Crippen LogP contribution in [0.15, 0.2) is 24.3 Å². The maximum absolute atomic E-state index is 13.1. The monoisotopic (exact) mass is 1520 g/mol. The van der Waals surface area contributed by atoms with Crippen molar-refractivity contribution in [3.8, 4) is 0 Å². The number of carbonyl (C=O) groups excluding carboxylic acids is 4. The number of rotatable bonds is 84. The van der Waals surface area contributed by atoms with E-state index in [1.807, 2.05) is 0 Å². The molecule has 0 amide bonds. The molecule has 3 N–H and O–H groups in total. The van der Waals surface area contributed by atoms with Gasteiger partial charge >= 0.3 is 39.5 Å². The van der Waals surface area contributed by atoms with Gasteiger partial charge in [0, 0.05) is 25.7 Å². The van der Waals surface area contributed by atoms with Gasteiger partial charge in [0.05, 0.1) is 26.4 Å². The number of aliphatic hydroxyl groups is 1. The van der Waals surface area contributed by atoms with Crippen LogP contribution < -0.4 is 0 Å². The lowest BCUT2D eigenvalue weighted by Gasteiger charge is -2.21. The summed E-state index contributed by atoms with van der Waals surface area (Å²) < 4.78 is 68.9. The van der Waals surface area contributed by atoms with Gasteiger partial charge in [-0.05, 0) is 57.8 Å². The standard InChI is InChI=1S/C85H162O17P2/c1-5-9-13-17-21-25-29-33-37-39-43-46-50-54-58-62-66-70-83(88)96-76-81(102-85(90)72-68-64-60-56-52-48-44-40-38-34-30-26-22-18-14-10-6-2)78-100-104(93,94)98-74-79(86)73-97-103(91,92)99-77-80(101-84(89)71-67-63-59-55-51-47-42-36-32-28-24-20-16-12-8-4)75-95-82(87)69-65-61-57-53-49-45-41-35-31-27-23-19-15-11-7-3/h24,28,36,42,79-81,86H,5-23,25-27,29-35,37-41,43-78H2,1-4H3,(H,91,92)(H,93,94)/b28-24-,42-36-/t79-,80-,81-/m1/s1. The Morgan fingerprint density at radius 2 is 0.471 bits per heavy atom. The van der Waals surface area contributed by atoms with Crippen LogP contribution in [0.4, 0.5) is 0 Å². The van der Waals surface area contributed by atoms with Crippen molar-refractivity contribution in [1.82, 2.24) is 0 Å². The molecule has 614 valence electrons. The minimum Gasteiger partial charge on any atom is -0.462 e. The lowest BCUT2D eigenvalue weighted by atomic mass is 10.0. The van der Waals surface area contributed by atoms with Crippen molar-refractivity contribution < 1.29 is 80.2 Å². The first-order chi connectivity index (χ1) is 50.7. The Hall–Kier alpha value is -2.46. The van der Waals surface area contributed by atoms with E-state index >= 15 is 0 Å². The summed E-state index contributed by atoms with van der Waals surface area (Å²) in [7, 11) is -9.94. The van der Waals surface area contributed by atoms with Crippen molar-refractivity contribution in [2.24, 2.45) is 0 Å². The number of allylic oxidation sites excluding steroid dienone is 4. The molecule has 0 heterocycles. The van der Waals surface area contributed by atoms with Crippen molar-refractivity contribution in [3.05, 3.63) is 24.3 Å². The molecule has 0 aliphatic rings. The van der Waals surface area contributed by atoms with Gasteiger partial charge in [0.15, 0.2) is 12.2 Å². The van der Waals surface area contributed by atoms with Gasteiger partial charge in [-0.15, -0.1) is 0 Å². The van der Waals surface area contributed by atoms with Crippen LogP contribution in [0.2, 0.25) is 0 Å². The third-order valence-electron chi connectivity index (χ3n) is 19.4. The van der Waals surface area contributed by atoms with E-state index in [1.54, 1.807) is 0 Å². The summed E-state index contributed by atoms with van der Waals surface area (Å²) in [6.45, 7) is 4.99. The van der Waals surface area contributed by atoms with Crippen LogP contribution in [0.25, 0.3) is 0 Å². The fraction of sp³-hybridized carbons (Fsp3) is 0.906. The Bertz CT molecular complexity index is 2060. The maximum atomic E-state index is 13.1. The molecule has 0 aliphatic carbocycles. The van der Waals surface area contributed by atoms with Crippen LogP contribution in [0.5, 0.6) is 0 Å². The SMILES string of the molecule is CCCCC/C=C\C/C=C\CCCCCCCC(=O)O[C@H](COC(=O)CCCCCCCCCCCCCCCCC)COP(=O)(O)OC[C@@H](O)COP(=O)(O)OC[C@@H](COC(=O)CCCCCCCCCCCCCCCCCCC)OC(=O)CCCCCCCCCCCCCCCCCCC. The van der Waals surface area contributed by atoms with Crippen LogP contribution in [-0.2, 0) is 65.4 Å². The van der Waals surface area contributed by atoms with E-state index in [4.69, 9.17) is 37.0 Å². The first-order valence-electron chi connectivity index (χ1n) is 43.6. The predicted octanol–water partition coefficient (Wildman–Crippen LogP) is 25.7. The molecule has 0 fully saturated rings. The Kier molecular flexibility index (Phi) is 76.8. The van der Waals surface area contributed by atoms with Gasteiger partial charge in [0.1, 0.15) is 19.3 Å². The molecule has 2 unspecified atom stereocenters. The molecule has 5 atom stereocenters. The molecule has 0 saturated heterocycles. The first kappa shape index (κ1) is 102. The molecule has 104 heavy (non-hydrogen) atoms. The molecular formula is C85H162O17P2. The summed E-state index contributed by atoms with van der Waals surface area (Å²) in [4.78, 5) is 73.2. The summed E-state index contributed by atoms with van der Waals surface area (Å²) in [5.74, 6) is -2.13. The van der Waals surface area contributed by atoms with E-state index in [1.165, 1.54) is 250 Å². The third kappa shape index (κ3) is 77.7. The van der Waals surface area contributed by atoms with Crippen molar-refractivity contribution in [2.75, 3.05) is 39.6 Å². The van der Waals surface area contributed by atoms with Gasteiger partial charge < -0.3 is 33.8 Å². The van der Waals surface area contributed by atoms with E-state index in [-0.39, 0.29) is 25.7 Å². The number of hydrogen-bond acceptors (Lipinski definition) is 15. The van der Waals surface area contributed by atoms with Crippen LogP contribution >= 0.6 is 15.6 Å². The topological polar surface area (TPSA) is 237 Å². The molecule has 0 aromatic rings. The Labute approximate surface area is 637 Å². The van der Waals surface area contributed by atoms with Gasteiger partial charge in [0.25, 0.3) is 0 Å². The number of hydrogen-bond donors (Lipinski definition) is 3. The minimum absolute atomic E-state index is 0.0878. The van der Waals surface area contributed by atoms with E-state index in [2.05, 4.69) is 52.0 Å². The van der Waals surface area contributed by atoms with E-state index < -0.39 is 97.5 Å². The van der Waals surface area contributed by atoms with Gasteiger partial charge in [-0.3, -0.25) is 37.3 Å². The molecule has 0 aromatic heterocycles. The number of phosphoric ester groups is 2. The predicted molar refractivity (Wildman–Crippen MR) is 428 cm³/mol. The third-order valence-corrected chi connectivity index (χ3v) is 21.4. The summed E-state index contributed by atoms with van der Waals surface area (Å²) in [5.41, 5.74) is 0. The molecule has 0 saturated carbocycles. The lowest BCUT2D eigenvalue weighted by Crippen LogP contribution is -2.30. The second-order valence-corrected chi connectivity index (χ2v) is 32.8. The molecular weight excluding hydrogens is 1350 g/mol. The molecule has 17 nitrogen and oxygen atoms in total. The Morgan fingerprint density at radius 3 is 0.731 bits per heavy atom. The number of aliphatic hydroxyl groups excluding tert-OH is 1. The second-order valence-electron chi connectivity index (χ2n) is 29.9. The lowest BCUT2D eigenvalue weighted by molar-refractivity contribution is -0.161. The highest BCUT2D eigenvalue weighted by molar-refractivity contribution is 7.47. The van der Waals surface area contributed by atoms with Gasteiger partial charge in [-0.25, -0.2) is 9.13 Å². The zero-order chi connectivity index (χ0) is 76.0. The average Bonchev–Trinajstić information content (AvgIpc) is 0.999. The van der Waals surface area contributed by atoms with Gasteiger partial charge in [-0.2, -0.15) is 0 Å². The molecule has 0 spiro atoms. The summed E-state index contributed by atoms with van der Waals surface area (Å²) in [6.07, 6.45) is 75.6. The van der Waals surface area contributed by atoms with E-state index in [0.29, 0.717) is 25.7 Å². The highest BCUT2D eigenvalue weighted by Crippen LogP contribution is 2.45. The molecule has 0 bridgehead atoms. The fourth-order valence-electron chi connectivity index (χ4n) is 12.8. The number of esters is 4. The zero-order valence-corrected chi connectivity index (χ0v) is 69.3. The van der Waals surface area contributed by atoms with E-state index in [0.717, 1.165) is 109 Å². The maximum Gasteiger partial charge on any atom is 0.472 e. The van der Waals surface area contributed by atoms with Crippen molar-refractivity contribution >= 4 is 39.5 Å². The highest BCUT2D eigenvalue weighted by atomic mass is 31.2. The summed E-state index contributed by atoms with van der Waals surface area (Å²) in [5, 5.41) is 10.7. The quantitative estimate of drug-likeness (QED) is 0.0169.